The van der Waals surface area contributed by atoms with Crippen LogP contribution in [0.1, 0.15) is 24.5 Å². The lowest BCUT2D eigenvalue weighted by molar-refractivity contribution is 0.262. The first-order chi connectivity index (χ1) is 9.74. The van der Waals surface area contributed by atoms with Crippen molar-refractivity contribution in [3.05, 3.63) is 36.0 Å². The van der Waals surface area contributed by atoms with E-state index in [4.69, 9.17) is 4.74 Å². The van der Waals surface area contributed by atoms with Gasteiger partial charge in [-0.3, -0.25) is 10.4 Å². The summed E-state index contributed by atoms with van der Waals surface area (Å²) in [6.07, 6.45) is 2.39. The standard InChI is InChI=1S/C14H16N4O2/c1-20-11-6-4-10(5-7-11)15-14(19)16-13-8-12(17-18-13)9-2-3-9/h4-9H,2-3H2,1H3,(H3,15,16,17,18,19). The van der Waals surface area contributed by atoms with Gasteiger partial charge >= 0.3 is 6.03 Å². The van der Waals surface area contributed by atoms with Gasteiger partial charge in [0.2, 0.25) is 0 Å². The van der Waals surface area contributed by atoms with Crippen LogP contribution in [0.5, 0.6) is 5.75 Å². The van der Waals surface area contributed by atoms with Crippen LogP contribution in [-0.4, -0.2) is 23.3 Å². The van der Waals surface area contributed by atoms with Gasteiger partial charge in [-0.2, -0.15) is 5.10 Å². The Hall–Kier alpha value is -2.50. The second kappa shape index (κ2) is 5.24. The van der Waals surface area contributed by atoms with E-state index in [1.807, 2.05) is 6.07 Å². The van der Waals surface area contributed by atoms with E-state index in [0.717, 1.165) is 11.4 Å². The van der Waals surface area contributed by atoms with Crippen LogP contribution in [0.25, 0.3) is 0 Å². The van der Waals surface area contributed by atoms with Gasteiger partial charge in [0, 0.05) is 23.4 Å². The van der Waals surface area contributed by atoms with Gasteiger partial charge in [0.25, 0.3) is 0 Å². The number of hydrogen-bond donors (Lipinski definition) is 3. The van der Waals surface area contributed by atoms with Crippen LogP contribution in [0, 0.1) is 0 Å². The van der Waals surface area contributed by atoms with E-state index in [1.165, 1.54) is 12.8 Å². The normalized spacial score (nSPS) is 13.8. The number of hydrogen-bond acceptors (Lipinski definition) is 3. The van der Waals surface area contributed by atoms with Gasteiger partial charge in [-0.05, 0) is 37.1 Å². The number of methoxy groups -OCH3 is 1. The van der Waals surface area contributed by atoms with Crippen LogP contribution in [-0.2, 0) is 0 Å². The van der Waals surface area contributed by atoms with E-state index >= 15 is 0 Å². The topological polar surface area (TPSA) is 79.0 Å². The molecule has 0 aliphatic heterocycles. The monoisotopic (exact) mass is 272 g/mol. The maximum Gasteiger partial charge on any atom is 0.324 e. The minimum absolute atomic E-state index is 0.316. The van der Waals surface area contributed by atoms with Crippen molar-refractivity contribution in [2.45, 2.75) is 18.8 Å². The average molecular weight is 272 g/mol. The van der Waals surface area contributed by atoms with Crippen molar-refractivity contribution >= 4 is 17.5 Å². The van der Waals surface area contributed by atoms with Crippen molar-refractivity contribution in [1.82, 2.24) is 10.2 Å². The largest absolute Gasteiger partial charge is 0.497 e. The van der Waals surface area contributed by atoms with Crippen molar-refractivity contribution < 1.29 is 9.53 Å². The summed E-state index contributed by atoms with van der Waals surface area (Å²) in [7, 11) is 1.60. The molecule has 3 rings (SSSR count). The molecule has 0 radical (unpaired) electrons. The van der Waals surface area contributed by atoms with Crippen molar-refractivity contribution in [3.63, 3.8) is 0 Å². The number of anilines is 2. The lowest BCUT2D eigenvalue weighted by atomic mass is 10.3. The van der Waals surface area contributed by atoms with E-state index in [9.17, 15) is 4.79 Å². The molecular formula is C14H16N4O2. The molecule has 1 aliphatic carbocycles. The third-order valence-corrected chi connectivity index (χ3v) is 3.20. The molecule has 0 spiro atoms. The second-order valence-electron chi connectivity index (χ2n) is 4.79. The molecule has 1 fully saturated rings. The first-order valence-electron chi connectivity index (χ1n) is 6.52. The molecular weight excluding hydrogens is 256 g/mol. The van der Waals surface area contributed by atoms with Crippen molar-refractivity contribution in [3.8, 4) is 5.75 Å². The van der Waals surface area contributed by atoms with E-state index in [1.54, 1.807) is 31.4 Å². The summed E-state index contributed by atoms with van der Waals surface area (Å²) in [4.78, 5) is 11.8. The Labute approximate surface area is 116 Å². The highest BCUT2D eigenvalue weighted by Gasteiger charge is 2.25. The zero-order chi connectivity index (χ0) is 13.9. The van der Waals surface area contributed by atoms with E-state index in [-0.39, 0.29) is 6.03 Å². The fraction of sp³-hybridized carbons (Fsp3) is 0.286. The van der Waals surface area contributed by atoms with Crippen LogP contribution in [0.3, 0.4) is 0 Å². The molecule has 0 atom stereocenters. The highest BCUT2D eigenvalue weighted by molar-refractivity contribution is 5.99. The highest BCUT2D eigenvalue weighted by Crippen LogP contribution is 2.39. The third-order valence-electron chi connectivity index (χ3n) is 3.20. The molecule has 1 aliphatic rings. The molecule has 0 bridgehead atoms. The zero-order valence-corrected chi connectivity index (χ0v) is 11.1. The van der Waals surface area contributed by atoms with E-state index < -0.39 is 0 Å². The summed E-state index contributed by atoms with van der Waals surface area (Å²) in [6, 6.07) is 8.69. The van der Waals surface area contributed by atoms with Gasteiger partial charge < -0.3 is 10.1 Å². The number of rotatable bonds is 4. The first kappa shape index (κ1) is 12.5. The molecule has 0 unspecified atom stereocenters. The number of aromatic nitrogens is 2. The molecule has 1 saturated carbocycles. The Bertz CT molecular complexity index is 602. The number of amides is 2. The molecule has 0 saturated heterocycles. The average Bonchev–Trinajstić information content (AvgIpc) is 3.20. The number of H-pyrrole nitrogens is 1. The molecule has 2 aromatic rings. The number of carbonyl (C=O) groups is 1. The van der Waals surface area contributed by atoms with Crippen molar-refractivity contribution in [2.75, 3.05) is 17.7 Å². The Morgan fingerprint density at radius 1 is 1.30 bits per heavy atom. The first-order valence-corrected chi connectivity index (χ1v) is 6.52. The number of aromatic amines is 1. The number of urea groups is 1. The minimum Gasteiger partial charge on any atom is -0.497 e. The minimum atomic E-state index is -0.316. The summed E-state index contributed by atoms with van der Waals surface area (Å²) in [6.45, 7) is 0. The molecule has 1 aromatic heterocycles. The number of benzene rings is 1. The fourth-order valence-electron chi connectivity index (χ4n) is 1.96. The SMILES string of the molecule is COc1ccc(NC(=O)Nc2cc(C3CC3)[nH]n2)cc1. The molecule has 6 heteroatoms. The number of nitrogens with one attached hydrogen (secondary N) is 3. The lowest BCUT2D eigenvalue weighted by Crippen LogP contribution is -2.19. The van der Waals surface area contributed by atoms with Crippen LogP contribution < -0.4 is 15.4 Å². The number of carbonyl (C=O) groups excluding carboxylic acids is 1. The van der Waals surface area contributed by atoms with Gasteiger partial charge in [-0.25, -0.2) is 4.79 Å². The number of nitrogens with zero attached hydrogens (tertiary/aromatic N) is 1. The third kappa shape index (κ3) is 2.90. The smallest absolute Gasteiger partial charge is 0.324 e. The number of ether oxygens (including phenoxy) is 1. The molecule has 104 valence electrons. The molecule has 1 heterocycles. The van der Waals surface area contributed by atoms with Gasteiger partial charge in [-0.15, -0.1) is 0 Å². The summed E-state index contributed by atoms with van der Waals surface area (Å²) >= 11 is 0. The Kier molecular flexibility index (Phi) is 3.28. The fourth-order valence-corrected chi connectivity index (χ4v) is 1.96. The molecule has 3 N–H and O–H groups in total. The lowest BCUT2D eigenvalue weighted by Gasteiger charge is -2.06. The predicted octanol–water partition coefficient (Wildman–Crippen LogP) is 2.94. The summed E-state index contributed by atoms with van der Waals surface area (Å²) in [5.41, 5.74) is 1.78. The predicted molar refractivity (Wildman–Crippen MR) is 76.2 cm³/mol. The molecule has 6 nitrogen and oxygen atoms in total. The van der Waals surface area contributed by atoms with Crippen LogP contribution in [0.2, 0.25) is 0 Å². The summed E-state index contributed by atoms with van der Waals surface area (Å²) < 4.78 is 5.06. The van der Waals surface area contributed by atoms with Gasteiger partial charge in [0.1, 0.15) is 5.75 Å². The van der Waals surface area contributed by atoms with Crippen LogP contribution >= 0.6 is 0 Å². The van der Waals surface area contributed by atoms with E-state index in [2.05, 4.69) is 20.8 Å². The van der Waals surface area contributed by atoms with Gasteiger partial charge in [-0.1, -0.05) is 0 Å². The van der Waals surface area contributed by atoms with Crippen LogP contribution in [0.15, 0.2) is 30.3 Å². The Morgan fingerprint density at radius 3 is 2.70 bits per heavy atom. The second-order valence-corrected chi connectivity index (χ2v) is 4.79. The van der Waals surface area contributed by atoms with Crippen LogP contribution in [0.4, 0.5) is 16.3 Å². The zero-order valence-electron chi connectivity index (χ0n) is 11.1. The van der Waals surface area contributed by atoms with Crippen molar-refractivity contribution in [1.29, 1.82) is 0 Å². The van der Waals surface area contributed by atoms with Gasteiger partial charge in [0.15, 0.2) is 5.82 Å². The van der Waals surface area contributed by atoms with Crippen molar-refractivity contribution in [2.24, 2.45) is 0 Å². The highest BCUT2D eigenvalue weighted by atomic mass is 16.5. The van der Waals surface area contributed by atoms with Gasteiger partial charge in [0.05, 0.1) is 7.11 Å². The quantitative estimate of drug-likeness (QED) is 0.800. The molecule has 1 aromatic carbocycles. The summed E-state index contributed by atoms with van der Waals surface area (Å²) in [5, 5.41) is 12.4. The maximum absolute atomic E-state index is 11.8. The maximum atomic E-state index is 11.8. The Balaban J connectivity index is 1.57. The molecule has 2 amide bonds. The molecule has 20 heavy (non-hydrogen) atoms. The van der Waals surface area contributed by atoms with E-state index in [0.29, 0.717) is 17.4 Å². The Morgan fingerprint density at radius 2 is 2.05 bits per heavy atom. The summed E-state index contributed by atoms with van der Waals surface area (Å²) in [5.74, 6) is 1.87.